The van der Waals surface area contributed by atoms with E-state index in [2.05, 4.69) is 4.98 Å². The number of methoxy groups -OCH3 is 2. The van der Waals surface area contributed by atoms with E-state index in [4.69, 9.17) is 21.1 Å². The van der Waals surface area contributed by atoms with E-state index in [0.717, 1.165) is 11.2 Å². The molecule has 0 N–H and O–H groups in total. The molecule has 3 rings (SSSR count). The number of benzene rings is 2. The molecule has 1 amide bonds. The Labute approximate surface area is 206 Å². The van der Waals surface area contributed by atoms with E-state index in [1.807, 2.05) is 19.0 Å². The van der Waals surface area contributed by atoms with Crippen LogP contribution in [0.5, 0.6) is 11.5 Å². The summed E-state index contributed by atoms with van der Waals surface area (Å²) in [6, 6.07) is 7.38. The number of thiazole rings is 1. The molecule has 9 nitrogen and oxygen atoms in total. The van der Waals surface area contributed by atoms with Gasteiger partial charge in [-0.05, 0) is 33.1 Å². The van der Waals surface area contributed by atoms with E-state index >= 15 is 0 Å². The number of fused-ring (bicyclic) bond motifs is 1. The van der Waals surface area contributed by atoms with Gasteiger partial charge in [0.1, 0.15) is 0 Å². The second kappa shape index (κ2) is 11.5. The molecular weight excluding hydrogens is 491 g/mol. The normalized spacial score (nSPS) is 10.7. The molecule has 33 heavy (non-hydrogen) atoms. The number of halogens is 2. The molecule has 0 saturated carbocycles. The fourth-order valence-corrected chi connectivity index (χ4v) is 4.32. The van der Waals surface area contributed by atoms with Crippen molar-refractivity contribution in [2.45, 2.75) is 6.42 Å². The summed E-state index contributed by atoms with van der Waals surface area (Å²) >= 11 is 7.56. The molecule has 1 aromatic heterocycles. The largest absolute Gasteiger partial charge is 0.493 e. The molecule has 2 aromatic carbocycles. The third kappa shape index (κ3) is 6.02. The Kier molecular flexibility index (Phi) is 9.24. The number of ether oxygens (including phenoxy) is 2. The van der Waals surface area contributed by atoms with Gasteiger partial charge >= 0.3 is 0 Å². The third-order valence-electron chi connectivity index (χ3n) is 4.74. The van der Waals surface area contributed by atoms with E-state index in [0.29, 0.717) is 35.1 Å². The lowest BCUT2D eigenvalue weighted by Gasteiger charge is -2.21. The Balaban J connectivity index is 0.00000385. The maximum absolute atomic E-state index is 13.5. The number of amides is 1. The van der Waals surface area contributed by atoms with Crippen molar-refractivity contribution in [1.82, 2.24) is 9.88 Å². The second-order valence-corrected chi connectivity index (χ2v) is 8.62. The minimum Gasteiger partial charge on any atom is -0.493 e. The maximum Gasteiger partial charge on any atom is 0.270 e. The summed E-state index contributed by atoms with van der Waals surface area (Å²) in [5, 5.41) is 11.8. The Morgan fingerprint density at radius 1 is 1.15 bits per heavy atom. The predicted octanol–water partition coefficient (Wildman–Crippen LogP) is 4.90. The van der Waals surface area contributed by atoms with E-state index in [1.165, 1.54) is 34.4 Å². The van der Waals surface area contributed by atoms with Crippen molar-refractivity contribution in [3.05, 3.63) is 51.0 Å². The molecular formula is C21H24Cl2N4O5S. The maximum atomic E-state index is 13.5. The molecule has 0 fully saturated rings. The number of aromatic nitrogens is 1. The van der Waals surface area contributed by atoms with Crippen molar-refractivity contribution >= 4 is 62.3 Å². The van der Waals surface area contributed by atoms with Crippen molar-refractivity contribution in [3.63, 3.8) is 0 Å². The van der Waals surface area contributed by atoms with Crippen LogP contribution >= 0.6 is 35.3 Å². The molecule has 0 aliphatic carbocycles. The van der Waals surface area contributed by atoms with Crippen molar-refractivity contribution in [2.75, 3.05) is 46.3 Å². The monoisotopic (exact) mass is 514 g/mol. The van der Waals surface area contributed by atoms with E-state index in [9.17, 15) is 14.9 Å². The molecule has 0 aliphatic heterocycles. The topological polar surface area (TPSA) is 98.0 Å². The molecule has 0 aliphatic rings. The van der Waals surface area contributed by atoms with Crippen LogP contribution in [0.2, 0.25) is 5.02 Å². The highest BCUT2D eigenvalue weighted by Gasteiger charge is 2.25. The summed E-state index contributed by atoms with van der Waals surface area (Å²) in [6.45, 7) is 1.11. The van der Waals surface area contributed by atoms with Gasteiger partial charge in [0, 0.05) is 30.8 Å². The molecule has 0 spiro atoms. The first-order valence-electron chi connectivity index (χ1n) is 9.68. The number of nitro groups is 1. The van der Waals surface area contributed by atoms with Gasteiger partial charge in [-0.2, -0.15) is 0 Å². The van der Waals surface area contributed by atoms with Crippen LogP contribution < -0.4 is 14.4 Å². The zero-order valence-electron chi connectivity index (χ0n) is 18.5. The highest BCUT2D eigenvalue weighted by Crippen LogP contribution is 2.38. The molecule has 0 atom stereocenters. The van der Waals surface area contributed by atoms with Crippen LogP contribution in [0.3, 0.4) is 0 Å². The fraction of sp³-hybridized carbons (Fsp3) is 0.333. The Morgan fingerprint density at radius 3 is 2.42 bits per heavy atom. The molecule has 0 radical (unpaired) electrons. The van der Waals surface area contributed by atoms with E-state index in [1.54, 1.807) is 26.4 Å². The number of rotatable bonds is 9. The summed E-state index contributed by atoms with van der Waals surface area (Å²) in [5.41, 5.74) is 0.503. The number of hydrogen-bond acceptors (Lipinski definition) is 8. The van der Waals surface area contributed by atoms with Crippen LogP contribution in [-0.2, 0) is 0 Å². The quantitative estimate of drug-likeness (QED) is 0.296. The first-order chi connectivity index (χ1) is 15.2. The Bertz CT molecular complexity index is 1110. The van der Waals surface area contributed by atoms with Crippen molar-refractivity contribution < 1.29 is 19.2 Å². The molecule has 3 aromatic rings. The van der Waals surface area contributed by atoms with Gasteiger partial charge in [-0.15, -0.1) is 12.4 Å². The van der Waals surface area contributed by atoms with Gasteiger partial charge in [-0.25, -0.2) is 4.98 Å². The number of nitro benzene ring substituents is 1. The van der Waals surface area contributed by atoms with Gasteiger partial charge in [-0.1, -0.05) is 22.9 Å². The number of anilines is 1. The van der Waals surface area contributed by atoms with Crippen molar-refractivity contribution in [3.8, 4) is 11.5 Å². The molecule has 0 unspecified atom stereocenters. The summed E-state index contributed by atoms with van der Waals surface area (Å²) in [7, 11) is 6.98. The lowest BCUT2D eigenvalue weighted by Crippen LogP contribution is -2.33. The lowest BCUT2D eigenvalue weighted by molar-refractivity contribution is -0.384. The van der Waals surface area contributed by atoms with Gasteiger partial charge in [0.15, 0.2) is 16.6 Å². The number of carbonyl (C=O) groups is 1. The molecule has 12 heteroatoms. The zero-order valence-corrected chi connectivity index (χ0v) is 20.9. The predicted molar refractivity (Wildman–Crippen MR) is 133 cm³/mol. The van der Waals surface area contributed by atoms with Crippen LogP contribution in [0.15, 0.2) is 30.3 Å². The van der Waals surface area contributed by atoms with Crippen LogP contribution in [0.25, 0.3) is 10.2 Å². The van der Waals surface area contributed by atoms with Gasteiger partial charge < -0.3 is 14.4 Å². The van der Waals surface area contributed by atoms with Crippen molar-refractivity contribution in [2.24, 2.45) is 0 Å². The second-order valence-electron chi connectivity index (χ2n) is 7.21. The fourth-order valence-electron chi connectivity index (χ4n) is 3.12. The zero-order chi connectivity index (χ0) is 23.4. The van der Waals surface area contributed by atoms with Gasteiger partial charge in [0.2, 0.25) is 0 Å². The standard InChI is InChI=1S/C21H23ClN4O5S.ClH/c1-24(2)8-5-9-25(20(27)14-10-13(26(28)29)6-7-15(14)22)21-23-16-11-17(30-3)18(31-4)12-19(16)32-21;/h6-7,10-12H,5,8-9H2,1-4H3;1H. The number of non-ortho nitro benzene ring substituents is 1. The van der Waals surface area contributed by atoms with Gasteiger partial charge in [-0.3, -0.25) is 19.8 Å². The molecule has 0 bridgehead atoms. The first-order valence-corrected chi connectivity index (χ1v) is 10.9. The Morgan fingerprint density at radius 2 is 1.82 bits per heavy atom. The van der Waals surface area contributed by atoms with Crippen LogP contribution in [0.4, 0.5) is 10.8 Å². The Hall–Kier alpha value is -2.66. The van der Waals surface area contributed by atoms with E-state index < -0.39 is 10.8 Å². The van der Waals surface area contributed by atoms with Crippen molar-refractivity contribution in [1.29, 1.82) is 0 Å². The van der Waals surface area contributed by atoms with E-state index in [-0.39, 0.29) is 28.7 Å². The average molecular weight is 515 g/mol. The average Bonchev–Trinajstić information content (AvgIpc) is 3.17. The molecule has 178 valence electrons. The number of nitrogens with zero attached hydrogens (tertiary/aromatic N) is 4. The highest BCUT2D eigenvalue weighted by atomic mass is 35.5. The highest BCUT2D eigenvalue weighted by molar-refractivity contribution is 7.22. The number of carbonyl (C=O) groups excluding carboxylic acids is 1. The van der Waals surface area contributed by atoms with Gasteiger partial charge in [0.05, 0.1) is 39.9 Å². The summed E-state index contributed by atoms with van der Waals surface area (Å²) in [6.07, 6.45) is 0.674. The summed E-state index contributed by atoms with van der Waals surface area (Å²) in [4.78, 5) is 32.3. The SMILES string of the molecule is COc1cc2nc(N(CCCN(C)C)C(=O)c3cc([N+](=O)[O-])ccc3Cl)sc2cc1OC.Cl. The number of hydrogen-bond donors (Lipinski definition) is 0. The van der Waals surface area contributed by atoms with Crippen LogP contribution in [0.1, 0.15) is 16.8 Å². The smallest absolute Gasteiger partial charge is 0.270 e. The molecule has 1 heterocycles. The van der Waals surface area contributed by atoms with Crippen LogP contribution in [-0.4, -0.2) is 62.1 Å². The minimum absolute atomic E-state index is 0. The molecule has 0 saturated heterocycles. The lowest BCUT2D eigenvalue weighted by atomic mass is 10.1. The van der Waals surface area contributed by atoms with Gasteiger partial charge in [0.25, 0.3) is 11.6 Å². The van der Waals surface area contributed by atoms with Crippen LogP contribution in [0, 0.1) is 10.1 Å². The summed E-state index contributed by atoms with van der Waals surface area (Å²) in [5.74, 6) is 0.641. The first kappa shape index (κ1) is 26.6. The summed E-state index contributed by atoms with van der Waals surface area (Å²) < 4.78 is 11.5. The minimum atomic E-state index is -0.556. The third-order valence-corrected chi connectivity index (χ3v) is 6.11.